The van der Waals surface area contributed by atoms with Crippen LogP contribution in [0.1, 0.15) is 58.8 Å². The van der Waals surface area contributed by atoms with Crippen LogP contribution in [0.2, 0.25) is 0 Å². The van der Waals surface area contributed by atoms with Gasteiger partial charge in [-0.25, -0.2) is 0 Å². The maximum absolute atomic E-state index is 4.35. The molecular weight excluding hydrogens is 797 g/mol. The Hall–Kier alpha value is -8.20. The molecule has 13 rings (SSSR count). The van der Waals surface area contributed by atoms with Crippen LogP contribution in [0.4, 0.5) is 17.1 Å². The molecule has 0 fully saturated rings. The summed E-state index contributed by atoms with van der Waals surface area (Å²) in [6.45, 7) is 8.89. The lowest BCUT2D eigenvalue weighted by atomic mass is 9.92. The van der Waals surface area contributed by atoms with Crippen LogP contribution in [0.25, 0.3) is 83.3 Å². The predicted octanol–water partition coefficient (Wildman–Crippen LogP) is 17.3. The number of allylic oxidation sites excluding steroid dienone is 1. The van der Waals surface area contributed by atoms with E-state index in [-0.39, 0.29) is 5.92 Å². The Morgan fingerprint density at radius 3 is 1.88 bits per heavy atom. The van der Waals surface area contributed by atoms with Gasteiger partial charge in [0.2, 0.25) is 0 Å². The fraction of sp³-hybridized carbons (Fsp3) is 0.0625. The average Bonchev–Trinajstić information content (AvgIpc) is 4.10. The summed E-state index contributed by atoms with van der Waals surface area (Å²) < 4.78 is 2.47. The first-order valence-corrected chi connectivity index (χ1v) is 23.2. The Labute approximate surface area is 386 Å². The molecule has 2 aliphatic carbocycles. The third-order valence-electron chi connectivity index (χ3n) is 14.6. The molecule has 2 heterocycles. The van der Waals surface area contributed by atoms with Crippen molar-refractivity contribution in [3.63, 3.8) is 0 Å². The number of aromatic nitrogens is 1. The lowest BCUT2D eigenvalue weighted by molar-refractivity contribution is 0.955. The van der Waals surface area contributed by atoms with E-state index in [1.165, 1.54) is 116 Å². The minimum Gasteiger partial charge on any atom is -0.310 e. The lowest BCUT2D eigenvalue weighted by Crippen LogP contribution is -2.10. The second-order valence-corrected chi connectivity index (χ2v) is 18.0. The minimum atomic E-state index is 0.205. The molecule has 0 N–H and O–H groups in total. The van der Waals surface area contributed by atoms with Gasteiger partial charge < -0.3 is 9.30 Å². The first-order chi connectivity index (χ1) is 32.6. The van der Waals surface area contributed by atoms with Gasteiger partial charge in [0, 0.05) is 50.3 Å². The highest BCUT2D eigenvalue weighted by Crippen LogP contribution is 2.50. The number of hydrogen-bond acceptors (Lipinski definition) is 1. The highest BCUT2D eigenvalue weighted by molar-refractivity contribution is 6.18. The quantitative estimate of drug-likeness (QED) is 0.148. The smallest absolute Gasteiger partial charge is 0.0620 e. The predicted molar refractivity (Wildman–Crippen MR) is 280 cm³/mol. The molecule has 312 valence electrons. The molecule has 0 aliphatic heterocycles. The van der Waals surface area contributed by atoms with Crippen LogP contribution in [0, 0.1) is 0 Å². The van der Waals surface area contributed by atoms with Crippen LogP contribution < -0.4 is 4.90 Å². The first kappa shape index (κ1) is 38.3. The standard InChI is InChI=1S/C64H46N2/c1-4-51(63-52(5-2)58-19-13-20-59-57-18-11-12-21-62(57)66(63)64(58)59)46-27-34-55-56-35-32-50(39-61(56)40(3)60(55)38-46)65(48-28-22-42(23-29-48)41-14-7-6-8-15-41)49-30-24-43(25-31-49)44-26-33-54-47(36-44)37-45-16-9-10-17-53(45)54/h4-36,38-40H,2,37H2,1,3H3/b51-4-. The van der Waals surface area contributed by atoms with Crippen LogP contribution in [0.15, 0.2) is 213 Å². The summed E-state index contributed by atoms with van der Waals surface area (Å²) in [5.74, 6) is 0.205. The first-order valence-electron chi connectivity index (χ1n) is 23.2. The van der Waals surface area contributed by atoms with Crippen LogP contribution >= 0.6 is 0 Å². The van der Waals surface area contributed by atoms with Gasteiger partial charge in [0.05, 0.1) is 16.7 Å². The molecule has 1 atom stereocenters. The summed E-state index contributed by atoms with van der Waals surface area (Å²) in [5, 5.41) is 3.80. The molecular formula is C64H46N2. The molecule has 0 spiro atoms. The van der Waals surface area contributed by atoms with Gasteiger partial charge in [-0.05, 0) is 134 Å². The number of rotatable bonds is 8. The van der Waals surface area contributed by atoms with Gasteiger partial charge in [-0.3, -0.25) is 0 Å². The van der Waals surface area contributed by atoms with E-state index in [4.69, 9.17) is 0 Å². The maximum Gasteiger partial charge on any atom is 0.0620 e. The molecule has 66 heavy (non-hydrogen) atoms. The van der Waals surface area contributed by atoms with E-state index in [0.717, 1.165) is 23.5 Å². The molecule has 2 aromatic heterocycles. The second-order valence-electron chi connectivity index (χ2n) is 18.0. The highest BCUT2D eigenvalue weighted by atomic mass is 15.1. The zero-order chi connectivity index (χ0) is 44.0. The van der Waals surface area contributed by atoms with Crippen LogP contribution in [0.5, 0.6) is 0 Å². The van der Waals surface area contributed by atoms with E-state index in [0.29, 0.717) is 0 Å². The van der Waals surface area contributed by atoms with Crippen molar-refractivity contribution in [3.05, 3.63) is 252 Å². The van der Waals surface area contributed by atoms with Crippen molar-refractivity contribution >= 4 is 55.9 Å². The normalized spacial score (nSPS) is 13.8. The van der Waals surface area contributed by atoms with E-state index in [1.54, 1.807) is 0 Å². The third kappa shape index (κ3) is 5.74. The molecule has 0 radical (unpaired) electrons. The van der Waals surface area contributed by atoms with Crippen LogP contribution in [-0.2, 0) is 6.42 Å². The summed E-state index contributed by atoms with van der Waals surface area (Å²) in [4.78, 5) is 2.42. The molecule has 2 nitrogen and oxygen atoms in total. The molecule has 2 aliphatic rings. The number of fused-ring (bicyclic) bond motifs is 9. The van der Waals surface area contributed by atoms with Gasteiger partial charge in [0.1, 0.15) is 0 Å². The van der Waals surface area contributed by atoms with Gasteiger partial charge >= 0.3 is 0 Å². The Kier molecular flexibility index (Phi) is 8.66. The van der Waals surface area contributed by atoms with Gasteiger partial charge in [-0.2, -0.15) is 0 Å². The van der Waals surface area contributed by atoms with Gasteiger partial charge in [0.15, 0.2) is 0 Å². The Morgan fingerprint density at radius 1 is 0.515 bits per heavy atom. The summed E-state index contributed by atoms with van der Waals surface area (Å²) in [6, 6.07) is 74.3. The van der Waals surface area contributed by atoms with E-state index in [2.05, 4.69) is 236 Å². The molecule has 11 aromatic rings. The number of nitrogens with zero attached hydrogens (tertiary/aromatic N) is 2. The largest absolute Gasteiger partial charge is 0.310 e. The van der Waals surface area contributed by atoms with Crippen molar-refractivity contribution in [2.24, 2.45) is 0 Å². The number of anilines is 3. The number of hydrogen-bond donors (Lipinski definition) is 0. The van der Waals surface area contributed by atoms with E-state index >= 15 is 0 Å². The summed E-state index contributed by atoms with van der Waals surface area (Å²) in [7, 11) is 0. The second kappa shape index (κ2) is 14.9. The van der Waals surface area contributed by atoms with Crippen molar-refractivity contribution in [2.45, 2.75) is 26.2 Å². The SMILES string of the molecule is C=Cc1c(/C(=C\C)c2ccc3c(c2)C(C)c2cc(N(c4ccc(-c5ccccc5)cc4)c4ccc(-c5ccc6c(c5)Cc5ccccc5-6)cc4)ccc2-3)n2c3ccccc3c3cccc1c32. The van der Waals surface area contributed by atoms with Crippen molar-refractivity contribution in [1.29, 1.82) is 0 Å². The average molecular weight is 843 g/mol. The van der Waals surface area contributed by atoms with Crippen molar-refractivity contribution in [2.75, 3.05) is 4.90 Å². The highest BCUT2D eigenvalue weighted by Gasteiger charge is 2.29. The fourth-order valence-electron chi connectivity index (χ4n) is 11.4. The van der Waals surface area contributed by atoms with Crippen molar-refractivity contribution < 1.29 is 0 Å². The van der Waals surface area contributed by atoms with Crippen LogP contribution in [0.3, 0.4) is 0 Å². The fourth-order valence-corrected chi connectivity index (χ4v) is 11.4. The van der Waals surface area contributed by atoms with E-state index < -0.39 is 0 Å². The maximum atomic E-state index is 4.35. The van der Waals surface area contributed by atoms with Crippen molar-refractivity contribution in [1.82, 2.24) is 4.40 Å². The van der Waals surface area contributed by atoms with Gasteiger partial charge in [-0.15, -0.1) is 0 Å². The summed E-state index contributed by atoms with van der Waals surface area (Å²) in [5.41, 5.74) is 26.4. The van der Waals surface area contributed by atoms with Gasteiger partial charge in [-0.1, -0.05) is 177 Å². The zero-order valence-electron chi connectivity index (χ0n) is 37.1. The molecule has 0 amide bonds. The number of para-hydroxylation sites is 2. The Balaban J connectivity index is 0.877. The molecule has 0 saturated heterocycles. The van der Waals surface area contributed by atoms with E-state index in [9.17, 15) is 0 Å². The Bertz CT molecular complexity index is 3750. The third-order valence-corrected chi connectivity index (χ3v) is 14.6. The van der Waals surface area contributed by atoms with Gasteiger partial charge in [0.25, 0.3) is 0 Å². The molecule has 0 bridgehead atoms. The summed E-state index contributed by atoms with van der Waals surface area (Å²) in [6.07, 6.45) is 5.32. The topological polar surface area (TPSA) is 7.65 Å². The summed E-state index contributed by atoms with van der Waals surface area (Å²) >= 11 is 0. The Morgan fingerprint density at radius 2 is 1.11 bits per heavy atom. The lowest BCUT2D eigenvalue weighted by Gasteiger charge is -2.27. The molecule has 1 unspecified atom stereocenters. The number of benzene rings is 9. The van der Waals surface area contributed by atoms with E-state index in [1.807, 2.05) is 6.08 Å². The van der Waals surface area contributed by atoms with Crippen molar-refractivity contribution in [3.8, 4) is 44.5 Å². The minimum absolute atomic E-state index is 0.205. The zero-order valence-corrected chi connectivity index (χ0v) is 37.1. The molecule has 2 heteroatoms. The van der Waals surface area contributed by atoms with Crippen LogP contribution in [-0.4, -0.2) is 4.40 Å². The molecule has 9 aromatic carbocycles. The molecule has 0 saturated carbocycles. The monoisotopic (exact) mass is 842 g/mol.